The number of carbonyl (C=O) groups is 1. The second-order valence-corrected chi connectivity index (χ2v) is 3.04. The first-order chi connectivity index (χ1) is 7.11. The van der Waals surface area contributed by atoms with Gasteiger partial charge in [-0.05, 0) is 0 Å². The first kappa shape index (κ1) is 9.38. The predicted molar refractivity (Wildman–Crippen MR) is 50.2 cm³/mol. The summed E-state index contributed by atoms with van der Waals surface area (Å²) in [4.78, 5) is 14.9. The third-order valence-electron chi connectivity index (χ3n) is 2.09. The number of rotatable bonds is 2. The molecule has 0 aliphatic carbocycles. The summed E-state index contributed by atoms with van der Waals surface area (Å²) in [5.74, 6) is -0.548. The van der Waals surface area contributed by atoms with Crippen LogP contribution in [-0.4, -0.2) is 35.6 Å². The van der Waals surface area contributed by atoms with Crippen molar-refractivity contribution >= 4 is 5.97 Å². The lowest BCUT2D eigenvalue weighted by atomic mass is 10.2. The van der Waals surface area contributed by atoms with Crippen molar-refractivity contribution in [3.63, 3.8) is 0 Å². The van der Waals surface area contributed by atoms with Crippen LogP contribution in [0.4, 0.5) is 0 Å². The molecule has 7 heteroatoms. The summed E-state index contributed by atoms with van der Waals surface area (Å²) in [5, 5.41) is 16.7. The SMILES string of the molecule is Cn1ncnc1-c1c(C(=O)O)cnn1C. The summed E-state index contributed by atoms with van der Waals surface area (Å²) in [6, 6.07) is 0. The zero-order valence-electron chi connectivity index (χ0n) is 8.25. The van der Waals surface area contributed by atoms with Crippen LogP contribution in [0.5, 0.6) is 0 Å². The number of aromatic carboxylic acids is 1. The van der Waals surface area contributed by atoms with Gasteiger partial charge in [-0.25, -0.2) is 14.5 Å². The third kappa shape index (κ3) is 1.37. The third-order valence-corrected chi connectivity index (χ3v) is 2.09. The molecule has 78 valence electrons. The first-order valence-corrected chi connectivity index (χ1v) is 4.21. The fraction of sp³-hybridized carbons (Fsp3) is 0.250. The van der Waals surface area contributed by atoms with E-state index in [1.807, 2.05) is 0 Å². The van der Waals surface area contributed by atoms with E-state index in [9.17, 15) is 4.79 Å². The molecule has 0 aliphatic rings. The van der Waals surface area contributed by atoms with Crippen molar-refractivity contribution < 1.29 is 9.90 Å². The Kier molecular flexibility index (Phi) is 2.00. The largest absolute Gasteiger partial charge is 0.478 e. The van der Waals surface area contributed by atoms with Crippen LogP contribution in [0, 0.1) is 0 Å². The zero-order valence-corrected chi connectivity index (χ0v) is 8.25. The van der Waals surface area contributed by atoms with Crippen LogP contribution in [0.25, 0.3) is 11.5 Å². The van der Waals surface area contributed by atoms with Gasteiger partial charge in [0.15, 0.2) is 5.82 Å². The smallest absolute Gasteiger partial charge is 0.339 e. The van der Waals surface area contributed by atoms with E-state index in [1.165, 1.54) is 21.9 Å². The molecule has 0 bridgehead atoms. The van der Waals surface area contributed by atoms with Crippen molar-refractivity contribution in [3.8, 4) is 11.5 Å². The van der Waals surface area contributed by atoms with Crippen LogP contribution in [0.15, 0.2) is 12.5 Å². The van der Waals surface area contributed by atoms with Gasteiger partial charge in [0.25, 0.3) is 0 Å². The first-order valence-electron chi connectivity index (χ1n) is 4.21. The normalized spacial score (nSPS) is 10.5. The molecule has 2 heterocycles. The van der Waals surface area contributed by atoms with Crippen LogP contribution in [-0.2, 0) is 14.1 Å². The van der Waals surface area contributed by atoms with Gasteiger partial charge in [-0.15, -0.1) is 0 Å². The monoisotopic (exact) mass is 207 g/mol. The van der Waals surface area contributed by atoms with Gasteiger partial charge in [0.1, 0.15) is 17.6 Å². The molecule has 15 heavy (non-hydrogen) atoms. The lowest BCUT2D eigenvalue weighted by Gasteiger charge is -2.02. The van der Waals surface area contributed by atoms with E-state index < -0.39 is 5.97 Å². The summed E-state index contributed by atoms with van der Waals surface area (Å²) in [7, 11) is 3.36. The minimum Gasteiger partial charge on any atom is -0.478 e. The highest BCUT2D eigenvalue weighted by Gasteiger charge is 2.19. The van der Waals surface area contributed by atoms with Gasteiger partial charge in [0.05, 0.1) is 6.20 Å². The van der Waals surface area contributed by atoms with Gasteiger partial charge < -0.3 is 5.11 Å². The minimum atomic E-state index is -1.03. The molecule has 0 fully saturated rings. The quantitative estimate of drug-likeness (QED) is 0.744. The van der Waals surface area contributed by atoms with Crippen LogP contribution < -0.4 is 0 Å². The molecule has 2 rings (SSSR count). The molecule has 2 aromatic rings. The number of hydrogen-bond donors (Lipinski definition) is 1. The van der Waals surface area contributed by atoms with E-state index in [0.717, 1.165) is 0 Å². The lowest BCUT2D eigenvalue weighted by molar-refractivity contribution is 0.0697. The highest BCUT2D eigenvalue weighted by atomic mass is 16.4. The van der Waals surface area contributed by atoms with E-state index in [4.69, 9.17) is 5.11 Å². The molecule has 0 aromatic carbocycles. The van der Waals surface area contributed by atoms with Gasteiger partial charge >= 0.3 is 5.97 Å². The summed E-state index contributed by atoms with van der Waals surface area (Å²) >= 11 is 0. The molecule has 2 aromatic heterocycles. The minimum absolute atomic E-state index is 0.119. The molecule has 0 aliphatic heterocycles. The van der Waals surface area contributed by atoms with Gasteiger partial charge in [-0.2, -0.15) is 10.2 Å². The highest BCUT2D eigenvalue weighted by molar-refractivity contribution is 5.93. The Morgan fingerprint density at radius 2 is 2.07 bits per heavy atom. The molecule has 7 nitrogen and oxygen atoms in total. The topological polar surface area (TPSA) is 85.8 Å². The summed E-state index contributed by atoms with van der Waals surface area (Å²) in [6.07, 6.45) is 2.67. The Bertz CT molecular complexity index is 513. The molecule has 1 N–H and O–H groups in total. The van der Waals surface area contributed by atoms with Gasteiger partial charge in [0, 0.05) is 14.1 Å². The van der Waals surface area contributed by atoms with Crippen LogP contribution in [0.2, 0.25) is 0 Å². The van der Waals surface area contributed by atoms with E-state index in [-0.39, 0.29) is 5.56 Å². The zero-order chi connectivity index (χ0) is 11.0. The summed E-state index contributed by atoms with van der Waals surface area (Å²) < 4.78 is 2.97. The molecule has 0 spiro atoms. The molecule has 0 radical (unpaired) electrons. The fourth-order valence-corrected chi connectivity index (χ4v) is 1.37. The van der Waals surface area contributed by atoms with Crippen molar-refractivity contribution in [2.75, 3.05) is 0 Å². The molecule has 0 unspecified atom stereocenters. The maximum Gasteiger partial charge on any atom is 0.339 e. The van der Waals surface area contributed by atoms with Gasteiger partial charge in [-0.3, -0.25) is 4.68 Å². The van der Waals surface area contributed by atoms with Crippen molar-refractivity contribution in [1.82, 2.24) is 24.5 Å². The van der Waals surface area contributed by atoms with Crippen LogP contribution >= 0.6 is 0 Å². The van der Waals surface area contributed by atoms with Gasteiger partial charge in [-0.1, -0.05) is 0 Å². The standard InChI is InChI=1S/C8H9N5O2/c1-12-6(5(3-10-12)8(14)15)7-9-4-11-13(7)2/h3-4H,1-2H3,(H,14,15). The maximum atomic E-state index is 10.9. The van der Waals surface area contributed by atoms with E-state index in [2.05, 4.69) is 15.2 Å². The molecule has 0 saturated carbocycles. The number of hydrogen-bond acceptors (Lipinski definition) is 4. The lowest BCUT2D eigenvalue weighted by Crippen LogP contribution is -2.05. The molecule has 0 saturated heterocycles. The number of carboxylic acids is 1. The van der Waals surface area contributed by atoms with E-state index in [1.54, 1.807) is 14.1 Å². The average molecular weight is 207 g/mol. The summed E-state index contributed by atoms with van der Waals surface area (Å²) in [6.45, 7) is 0. The number of aromatic nitrogens is 5. The number of carboxylic acid groups (broad SMARTS) is 1. The van der Waals surface area contributed by atoms with Gasteiger partial charge in [0.2, 0.25) is 0 Å². The number of aryl methyl sites for hydroxylation is 2. The van der Waals surface area contributed by atoms with E-state index >= 15 is 0 Å². The molecular weight excluding hydrogens is 198 g/mol. The second-order valence-electron chi connectivity index (χ2n) is 3.04. The Balaban J connectivity index is 2.66. The predicted octanol–water partition coefficient (Wildman–Crippen LogP) is -0.0862. The number of nitrogens with zero attached hydrogens (tertiary/aromatic N) is 5. The van der Waals surface area contributed by atoms with E-state index in [0.29, 0.717) is 11.5 Å². The maximum absolute atomic E-state index is 10.9. The van der Waals surface area contributed by atoms with Crippen LogP contribution in [0.1, 0.15) is 10.4 Å². The summed E-state index contributed by atoms with van der Waals surface area (Å²) in [5.41, 5.74) is 0.566. The Hall–Kier alpha value is -2.18. The van der Waals surface area contributed by atoms with Crippen molar-refractivity contribution in [2.45, 2.75) is 0 Å². The Morgan fingerprint density at radius 1 is 1.33 bits per heavy atom. The average Bonchev–Trinajstić information content (AvgIpc) is 2.71. The van der Waals surface area contributed by atoms with Crippen molar-refractivity contribution in [2.24, 2.45) is 14.1 Å². The van der Waals surface area contributed by atoms with Crippen molar-refractivity contribution in [3.05, 3.63) is 18.1 Å². The second kappa shape index (κ2) is 3.19. The molecule has 0 atom stereocenters. The highest BCUT2D eigenvalue weighted by Crippen LogP contribution is 2.19. The fourth-order valence-electron chi connectivity index (χ4n) is 1.37. The molecule has 0 amide bonds. The Morgan fingerprint density at radius 3 is 2.60 bits per heavy atom. The Labute approximate surface area is 85.0 Å². The molecular formula is C8H9N5O2. The van der Waals surface area contributed by atoms with Crippen LogP contribution in [0.3, 0.4) is 0 Å². The van der Waals surface area contributed by atoms with Crippen molar-refractivity contribution in [1.29, 1.82) is 0 Å².